The number of ketones is 1. The molecule has 1 aliphatic carbocycles. The molecule has 0 aromatic heterocycles. The lowest BCUT2D eigenvalue weighted by Crippen LogP contribution is -2.29. The number of aryl methyl sites for hydroxylation is 1. The van der Waals surface area contributed by atoms with E-state index in [9.17, 15) is 13.2 Å². The lowest BCUT2D eigenvalue weighted by Gasteiger charge is -2.31. The van der Waals surface area contributed by atoms with Gasteiger partial charge in [0.25, 0.3) is 10.0 Å². The number of sulfonamides is 1. The SMILES string of the molecule is Cc1ccc(S(=O)(=O)/N=C(/N=C2C=C(C(C)(C)C)C(=O)C(C(C)(C)C)=C2)c2ccccc2)cc1. The molecule has 34 heavy (non-hydrogen) atoms. The van der Waals surface area contributed by atoms with E-state index in [1.165, 1.54) is 0 Å². The van der Waals surface area contributed by atoms with Crippen LogP contribution < -0.4 is 0 Å². The normalized spacial score (nSPS) is 15.7. The van der Waals surface area contributed by atoms with Crippen molar-refractivity contribution in [1.29, 1.82) is 0 Å². The van der Waals surface area contributed by atoms with E-state index >= 15 is 0 Å². The number of hydrogen-bond donors (Lipinski definition) is 0. The minimum absolute atomic E-state index is 0.00979. The molecule has 0 saturated carbocycles. The summed E-state index contributed by atoms with van der Waals surface area (Å²) < 4.78 is 30.4. The molecule has 0 aliphatic heterocycles. The molecule has 0 N–H and O–H groups in total. The van der Waals surface area contributed by atoms with Crippen molar-refractivity contribution >= 4 is 27.4 Å². The molecular weight excluding hydrogens is 444 g/mol. The molecule has 0 radical (unpaired) electrons. The Bertz CT molecular complexity index is 1280. The maximum absolute atomic E-state index is 13.2. The molecule has 2 aromatic rings. The Hall–Kier alpha value is -3.12. The highest BCUT2D eigenvalue weighted by molar-refractivity contribution is 7.90. The molecule has 3 rings (SSSR count). The Balaban J connectivity index is 2.24. The number of allylic oxidation sites excluding steroid dienone is 4. The van der Waals surface area contributed by atoms with Gasteiger partial charge in [0.15, 0.2) is 11.6 Å². The maximum atomic E-state index is 13.2. The fourth-order valence-corrected chi connectivity index (χ4v) is 4.48. The number of carbonyl (C=O) groups is 1. The van der Waals surface area contributed by atoms with E-state index in [4.69, 9.17) is 0 Å². The summed E-state index contributed by atoms with van der Waals surface area (Å²) in [4.78, 5) is 18.0. The van der Waals surface area contributed by atoms with E-state index < -0.39 is 20.9 Å². The van der Waals surface area contributed by atoms with Gasteiger partial charge in [0.1, 0.15) is 0 Å². The van der Waals surface area contributed by atoms with Crippen molar-refractivity contribution in [3.8, 4) is 0 Å². The second kappa shape index (κ2) is 9.26. The minimum atomic E-state index is -4.00. The van der Waals surface area contributed by atoms with Gasteiger partial charge < -0.3 is 0 Å². The molecule has 178 valence electrons. The number of benzene rings is 2. The second-order valence-electron chi connectivity index (χ2n) is 10.6. The Morgan fingerprint density at radius 2 is 1.26 bits per heavy atom. The first-order valence-corrected chi connectivity index (χ1v) is 12.7. The summed E-state index contributed by atoms with van der Waals surface area (Å²) in [5.74, 6) is 0.0592. The van der Waals surface area contributed by atoms with Crippen LogP contribution >= 0.6 is 0 Å². The van der Waals surface area contributed by atoms with Crippen molar-refractivity contribution in [2.24, 2.45) is 20.2 Å². The van der Waals surface area contributed by atoms with Crippen LogP contribution in [0.25, 0.3) is 0 Å². The highest BCUT2D eigenvalue weighted by atomic mass is 32.2. The summed E-state index contributed by atoms with van der Waals surface area (Å²) >= 11 is 0. The van der Waals surface area contributed by atoms with E-state index in [0.29, 0.717) is 22.4 Å². The zero-order chi connectivity index (χ0) is 25.3. The Morgan fingerprint density at radius 1 is 0.765 bits per heavy atom. The first-order valence-electron chi connectivity index (χ1n) is 11.2. The first kappa shape index (κ1) is 25.5. The van der Waals surface area contributed by atoms with Crippen molar-refractivity contribution in [2.45, 2.75) is 53.4 Å². The fourth-order valence-electron chi connectivity index (χ4n) is 3.52. The fraction of sp³-hybridized carbons (Fsp3) is 0.321. The molecular formula is C28H32N2O3S. The van der Waals surface area contributed by atoms with Crippen LogP contribution in [0.2, 0.25) is 0 Å². The molecule has 0 amide bonds. The van der Waals surface area contributed by atoms with Gasteiger partial charge in [-0.05, 0) is 42.0 Å². The molecule has 0 heterocycles. The van der Waals surface area contributed by atoms with Crippen LogP contribution in [0, 0.1) is 17.8 Å². The minimum Gasteiger partial charge on any atom is -0.289 e. The largest absolute Gasteiger partial charge is 0.289 e. The molecule has 0 atom stereocenters. The van der Waals surface area contributed by atoms with E-state index in [1.807, 2.05) is 54.5 Å². The standard InChI is InChI=1S/C28H32N2O3S/c1-19-13-15-22(16-14-19)34(32,33)30-26(20-11-9-8-10-12-20)29-21-17-23(27(2,3)4)25(31)24(18-21)28(5,6)7/h8-18H,1-7H3/b30-26+. The zero-order valence-corrected chi connectivity index (χ0v) is 21.7. The van der Waals surface area contributed by atoms with Crippen LogP contribution in [0.3, 0.4) is 0 Å². The predicted molar refractivity (Wildman–Crippen MR) is 139 cm³/mol. The monoisotopic (exact) mass is 476 g/mol. The van der Waals surface area contributed by atoms with Crippen molar-refractivity contribution in [2.75, 3.05) is 0 Å². The third kappa shape index (κ3) is 5.86. The average Bonchev–Trinajstić information content (AvgIpc) is 2.73. The molecule has 5 nitrogen and oxygen atoms in total. The quantitative estimate of drug-likeness (QED) is 0.305. The topological polar surface area (TPSA) is 75.9 Å². The van der Waals surface area contributed by atoms with Crippen molar-refractivity contribution in [3.05, 3.63) is 89.0 Å². The second-order valence-corrected chi connectivity index (χ2v) is 12.2. The van der Waals surface area contributed by atoms with Gasteiger partial charge in [-0.3, -0.25) is 4.79 Å². The molecule has 0 saturated heterocycles. The van der Waals surface area contributed by atoms with Gasteiger partial charge in [-0.1, -0.05) is 89.6 Å². The Morgan fingerprint density at radius 3 is 1.74 bits per heavy atom. The maximum Gasteiger partial charge on any atom is 0.284 e. The summed E-state index contributed by atoms with van der Waals surface area (Å²) in [5.41, 5.74) is 2.48. The van der Waals surface area contributed by atoms with Crippen LogP contribution in [0.1, 0.15) is 52.7 Å². The van der Waals surface area contributed by atoms with Crippen LogP contribution in [0.5, 0.6) is 0 Å². The highest BCUT2D eigenvalue weighted by Crippen LogP contribution is 2.37. The lowest BCUT2D eigenvalue weighted by atomic mass is 9.72. The molecule has 6 heteroatoms. The molecule has 0 unspecified atom stereocenters. The molecule has 0 bridgehead atoms. The number of aliphatic imine (C=N–C) groups is 1. The van der Waals surface area contributed by atoms with E-state index in [1.54, 1.807) is 60.7 Å². The Labute approximate surface area is 203 Å². The molecule has 0 fully saturated rings. The third-order valence-electron chi connectivity index (χ3n) is 5.48. The average molecular weight is 477 g/mol. The van der Waals surface area contributed by atoms with Crippen molar-refractivity contribution in [3.63, 3.8) is 0 Å². The van der Waals surface area contributed by atoms with Crippen LogP contribution in [0.15, 0.2) is 92.2 Å². The van der Waals surface area contributed by atoms with Gasteiger partial charge in [-0.25, -0.2) is 4.99 Å². The van der Waals surface area contributed by atoms with Gasteiger partial charge in [0, 0.05) is 16.7 Å². The summed E-state index contributed by atoms with van der Waals surface area (Å²) in [6.07, 6.45) is 3.49. The van der Waals surface area contributed by atoms with Crippen molar-refractivity contribution < 1.29 is 13.2 Å². The van der Waals surface area contributed by atoms with Gasteiger partial charge in [-0.15, -0.1) is 4.40 Å². The number of hydrogen-bond acceptors (Lipinski definition) is 3. The van der Waals surface area contributed by atoms with Gasteiger partial charge >= 0.3 is 0 Å². The summed E-state index contributed by atoms with van der Waals surface area (Å²) in [7, 11) is -4.00. The number of carbonyl (C=O) groups excluding carboxylic acids is 1. The number of nitrogens with zero attached hydrogens (tertiary/aromatic N) is 2. The highest BCUT2D eigenvalue weighted by Gasteiger charge is 2.34. The van der Waals surface area contributed by atoms with Crippen molar-refractivity contribution in [1.82, 2.24) is 0 Å². The summed E-state index contributed by atoms with van der Waals surface area (Å²) in [6.45, 7) is 13.8. The predicted octanol–water partition coefficient (Wildman–Crippen LogP) is 6.10. The van der Waals surface area contributed by atoms with E-state index in [-0.39, 0.29) is 16.5 Å². The van der Waals surface area contributed by atoms with Crippen LogP contribution in [0.4, 0.5) is 0 Å². The number of rotatable bonds is 3. The zero-order valence-electron chi connectivity index (χ0n) is 20.9. The third-order valence-corrected chi connectivity index (χ3v) is 6.76. The smallest absolute Gasteiger partial charge is 0.284 e. The van der Waals surface area contributed by atoms with Crippen LogP contribution in [-0.4, -0.2) is 25.7 Å². The van der Waals surface area contributed by atoms with Gasteiger partial charge in [0.2, 0.25) is 0 Å². The number of Topliss-reactive ketones (excluding diaryl/α,β-unsaturated/α-hetero) is 1. The molecule has 0 spiro atoms. The first-order chi connectivity index (χ1) is 15.7. The van der Waals surface area contributed by atoms with E-state index in [0.717, 1.165) is 5.56 Å². The Kier molecular flexibility index (Phi) is 6.94. The van der Waals surface area contributed by atoms with Gasteiger partial charge in [0.05, 0.1) is 10.6 Å². The van der Waals surface area contributed by atoms with Gasteiger partial charge in [-0.2, -0.15) is 8.42 Å². The molecule has 1 aliphatic rings. The summed E-state index contributed by atoms with van der Waals surface area (Å²) in [5, 5.41) is 0. The number of amidine groups is 1. The lowest BCUT2D eigenvalue weighted by molar-refractivity contribution is -0.114. The van der Waals surface area contributed by atoms with Crippen LogP contribution in [-0.2, 0) is 14.8 Å². The molecule has 2 aromatic carbocycles. The summed E-state index contributed by atoms with van der Waals surface area (Å²) in [6, 6.07) is 15.5. The van der Waals surface area contributed by atoms with E-state index in [2.05, 4.69) is 9.39 Å².